The third-order valence-corrected chi connectivity index (χ3v) is 4.48. The third-order valence-electron chi connectivity index (χ3n) is 3.50. The number of hydrogen-bond acceptors (Lipinski definition) is 8. The number of ketones is 1. The van der Waals surface area contributed by atoms with Crippen molar-refractivity contribution in [2.24, 2.45) is 0 Å². The van der Waals surface area contributed by atoms with Gasteiger partial charge in [0.15, 0.2) is 10.9 Å². The van der Waals surface area contributed by atoms with Gasteiger partial charge >= 0.3 is 5.97 Å². The van der Waals surface area contributed by atoms with Crippen molar-refractivity contribution in [3.05, 3.63) is 41.6 Å². The van der Waals surface area contributed by atoms with Crippen LogP contribution < -0.4 is 11.1 Å². The Hall–Kier alpha value is -2.94. The van der Waals surface area contributed by atoms with E-state index >= 15 is 0 Å². The smallest absolute Gasteiger partial charge is 0.343 e. The zero-order valence-electron chi connectivity index (χ0n) is 15.2. The SMILES string of the molecule is CCOC(=O)c1cnc(SC(C)C(=O)Nc2ccc(C(C)=O)cc2)nc1N. The van der Waals surface area contributed by atoms with Gasteiger partial charge in [-0.25, -0.2) is 14.8 Å². The van der Waals surface area contributed by atoms with Gasteiger partial charge < -0.3 is 15.8 Å². The molecular formula is C18H20N4O4S. The molecule has 1 aromatic heterocycles. The van der Waals surface area contributed by atoms with Crippen LogP contribution in [0.25, 0.3) is 0 Å². The van der Waals surface area contributed by atoms with Crippen LogP contribution in [0.3, 0.4) is 0 Å². The summed E-state index contributed by atoms with van der Waals surface area (Å²) in [6.45, 7) is 5.08. The minimum atomic E-state index is -0.591. The van der Waals surface area contributed by atoms with Gasteiger partial charge in [0.1, 0.15) is 11.4 Å². The lowest BCUT2D eigenvalue weighted by atomic mass is 10.1. The third kappa shape index (κ3) is 5.52. The highest BCUT2D eigenvalue weighted by Crippen LogP contribution is 2.23. The average molecular weight is 388 g/mol. The van der Waals surface area contributed by atoms with Gasteiger partial charge in [-0.2, -0.15) is 0 Å². The normalized spacial score (nSPS) is 11.5. The number of amides is 1. The van der Waals surface area contributed by atoms with E-state index in [9.17, 15) is 14.4 Å². The fourth-order valence-corrected chi connectivity index (χ4v) is 2.79. The summed E-state index contributed by atoms with van der Waals surface area (Å²) in [5.74, 6) is -0.894. The van der Waals surface area contributed by atoms with Crippen LogP contribution in [0.5, 0.6) is 0 Å². The predicted octanol–water partition coefficient (Wildman–Crippen LogP) is 2.56. The van der Waals surface area contributed by atoms with Crippen molar-refractivity contribution >= 4 is 40.9 Å². The van der Waals surface area contributed by atoms with Gasteiger partial charge in [0.05, 0.1) is 11.9 Å². The lowest BCUT2D eigenvalue weighted by Gasteiger charge is -2.12. The first-order valence-corrected chi connectivity index (χ1v) is 9.08. The van der Waals surface area contributed by atoms with Gasteiger partial charge in [-0.05, 0) is 45.0 Å². The minimum absolute atomic E-state index is 0.00150. The maximum atomic E-state index is 12.3. The van der Waals surface area contributed by atoms with Gasteiger partial charge in [0, 0.05) is 17.4 Å². The second kappa shape index (κ2) is 9.13. The van der Waals surface area contributed by atoms with Crippen molar-refractivity contribution in [1.29, 1.82) is 0 Å². The second-order valence-electron chi connectivity index (χ2n) is 5.55. The van der Waals surface area contributed by atoms with Crippen molar-refractivity contribution in [2.45, 2.75) is 31.2 Å². The van der Waals surface area contributed by atoms with E-state index in [1.807, 2.05) is 0 Å². The first kappa shape index (κ1) is 20.4. The molecule has 0 spiro atoms. The fraction of sp³-hybridized carbons (Fsp3) is 0.278. The molecule has 0 aliphatic rings. The Bertz CT molecular complexity index is 855. The fourth-order valence-electron chi connectivity index (χ4n) is 2.04. The number of ether oxygens (including phenoxy) is 1. The van der Waals surface area contributed by atoms with Crippen molar-refractivity contribution in [3.8, 4) is 0 Å². The Morgan fingerprint density at radius 1 is 1.26 bits per heavy atom. The number of anilines is 2. The van der Waals surface area contributed by atoms with Crippen LogP contribution in [-0.2, 0) is 9.53 Å². The van der Waals surface area contributed by atoms with E-state index < -0.39 is 11.2 Å². The summed E-state index contributed by atoms with van der Waals surface area (Å²) < 4.78 is 4.87. The maximum Gasteiger partial charge on any atom is 0.343 e. The van der Waals surface area contributed by atoms with E-state index in [4.69, 9.17) is 10.5 Å². The molecule has 0 saturated carbocycles. The van der Waals surface area contributed by atoms with Crippen LogP contribution in [-0.4, -0.2) is 39.5 Å². The van der Waals surface area contributed by atoms with Gasteiger partial charge in [-0.1, -0.05) is 11.8 Å². The number of benzene rings is 1. The Balaban J connectivity index is 2.00. The van der Waals surface area contributed by atoms with E-state index in [1.54, 1.807) is 38.1 Å². The largest absolute Gasteiger partial charge is 0.462 e. The van der Waals surface area contributed by atoms with Crippen molar-refractivity contribution < 1.29 is 19.1 Å². The second-order valence-corrected chi connectivity index (χ2v) is 6.86. The van der Waals surface area contributed by atoms with Crippen molar-refractivity contribution in [3.63, 3.8) is 0 Å². The first-order valence-electron chi connectivity index (χ1n) is 8.20. The quantitative estimate of drug-likeness (QED) is 0.321. The number of thioether (sulfide) groups is 1. The van der Waals surface area contributed by atoms with E-state index in [0.29, 0.717) is 11.3 Å². The van der Waals surface area contributed by atoms with Crippen molar-refractivity contribution in [2.75, 3.05) is 17.7 Å². The molecule has 142 valence electrons. The minimum Gasteiger partial charge on any atom is -0.462 e. The van der Waals surface area contributed by atoms with Crippen LogP contribution in [0.1, 0.15) is 41.5 Å². The number of rotatable bonds is 7. The topological polar surface area (TPSA) is 124 Å². The number of esters is 1. The number of hydrogen-bond donors (Lipinski definition) is 2. The Morgan fingerprint density at radius 2 is 1.93 bits per heavy atom. The monoisotopic (exact) mass is 388 g/mol. The lowest BCUT2D eigenvalue weighted by Crippen LogP contribution is -2.22. The molecule has 1 atom stereocenters. The number of nitrogens with zero attached hydrogens (tertiary/aromatic N) is 2. The molecule has 0 radical (unpaired) electrons. The van der Waals surface area contributed by atoms with Gasteiger partial charge in [-0.3, -0.25) is 9.59 Å². The summed E-state index contributed by atoms with van der Waals surface area (Å²) in [4.78, 5) is 43.4. The van der Waals surface area contributed by atoms with Crippen LogP contribution >= 0.6 is 11.8 Å². The summed E-state index contributed by atoms with van der Waals surface area (Å²) >= 11 is 1.11. The average Bonchev–Trinajstić information content (AvgIpc) is 2.62. The van der Waals surface area contributed by atoms with E-state index in [-0.39, 0.29) is 34.8 Å². The number of nitrogens with one attached hydrogen (secondary N) is 1. The Labute approximate surface area is 160 Å². The number of carbonyl (C=O) groups is 3. The standard InChI is InChI=1S/C18H20N4O4S/c1-4-26-17(25)14-9-20-18(22-15(14)19)27-11(3)16(24)21-13-7-5-12(6-8-13)10(2)23/h5-9,11H,4H2,1-3H3,(H,21,24)(H2,19,20,22). The molecule has 0 aliphatic carbocycles. The molecule has 1 aromatic carbocycles. The summed E-state index contributed by atoms with van der Waals surface area (Å²) in [5.41, 5.74) is 7.01. The van der Waals surface area contributed by atoms with E-state index in [0.717, 1.165) is 11.8 Å². The highest BCUT2D eigenvalue weighted by atomic mass is 32.2. The maximum absolute atomic E-state index is 12.3. The molecule has 9 heteroatoms. The number of Topliss-reactive ketones (excluding diaryl/α,β-unsaturated/α-hetero) is 1. The molecular weight excluding hydrogens is 368 g/mol. The molecule has 2 rings (SSSR count). The molecule has 0 aliphatic heterocycles. The van der Waals surface area contributed by atoms with Crippen LogP contribution in [0, 0.1) is 0 Å². The van der Waals surface area contributed by atoms with Gasteiger partial charge in [0.25, 0.3) is 0 Å². The zero-order chi connectivity index (χ0) is 20.0. The summed E-state index contributed by atoms with van der Waals surface area (Å²) in [7, 11) is 0. The lowest BCUT2D eigenvalue weighted by molar-refractivity contribution is -0.115. The molecule has 0 fully saturated rings. The molecule has 1 amide bonds. The number of nitrogen functional groups attached to an aromatic ring is 1. The highest BCUT2D eigenvalue weighted by molar-refractivity contribution is 8.00. The molecule has 0 saturated heterocycles. The molecule has 1 unspecified atom stereocenters. The van der Waals surface area contributed by atoms with Crippen LogP contribution in [0.15, 0.2) is 35.6 Å². The summed E-state index contributed by atoms with van der Waals surface area (Å²) in [5, 5.41) is 2.52. The number of carbonyl (C=O) groups excluding carboxylic acids is 3. The predicted molar refractivity (Wildman–Crippen MR) is 103 cm³/mol. The summed E-state index contributed by atoms with van der Waals surface area (Å²) in [6.07, 6.45) is 1.29. The zero-order valence-corrected chi connectivity index (χ0v) is 16.0. The van der Waals surface area contributed by atoms with Crippen molar-refractivity contribution in [1.82, 2.24) is 9.97 Å². The molecule has 3 N–H and O–H groups in total. The first-order chi connectivity index (χ1) is 12.8. The molecule has 1 heterocycles. The van der Waals surface area contributed by atoms with Crippen LogP contribution in [0.4, 0.5) is 11.5 Å². The van der Waals surface area contributed by atoms with Gasteiger partial charge in [-0.15, -0.1) is 0 Å². The molecule has 27 heavy (non-hydrogen) atoms. The summed E-state index contributed by atoms with van der Waals surface area (Å²) in [6, 6.07) is 6.62. The highest BCUT2D eigenvalue weighted by Gasteiger charge is 2.19. The molecule has 2 aromatic rings. The molecule has 8 nitrogen and oxygen atoms in total. The number of aromatic nitrogens is 2. The van der Waals surface area contributed by atoms with E-state index in [2.05, 4.69) is 15.3 Å². The Kier molecular flexibility index (Phi) is 6.89. The molecule has 0 bridgehead atoms. The van der Waals surface area contributed by atoms with E-state index in [1.165, 1.54) is 13.1 Å². The Morgan fingerprint density at radius 3 is 2.48 bits per heavy atom. The number of nitrogens with two attached hydrogens (primary N) is 1. The van der Waals surface area contributed by atoms with Crippen LogP contribution in [0.2, 0.25) is 0 Å². The van der Waals surface area contributed by atoms with Gasteiger partial charge in [0.2, 0.25) is 5.91 Å².